The van der Waals surface area contributed by atoms with Crippen molar-refractivity contribution in [2.45, 2.75) is 12.8 Å². The summed E-state index contributed by atoms with van der Waals surface area (Å²) in [7, 11) is 0. The maximum absolute atomic E-state index is 11.8. The number of halogens is 2. The van der Waals surface area contributed by atoms with Crippen LogP contribution in [0.5, 0.6) is 5.75 Å². The Bertz CT molecular complexity index is 280. The van der Waals surface area contributed by atoms with Crippen molar-refractivity contribution in [1.29, 1.82) is 0 Å². The van der Waals surface area contributed by atoms with Crippen molar-refractivity contribution >= 4 is 11.6 Å². The Morgan fingerprint density at radius 2 is 2.31 bits per heavy atom. The van der Waals surface area contributed by atoms with Crippen LogP contribution in [0, 0.1) is 6.92 Å². The van der Waals surface area contributed by atoms with Gasteiger partial charge in [0.15, 0.2) is 0 Å². The van der Waals surface area contributed by atoms with Gasteiger partial charge >= 0.3 is 0 Å². The van der Waals surface area contributed by atoms with Gasteiger partial charge in [0, 0.05) is 5.69 Å². The van der Waals surface area contributed by atoms with Crippen LogP contribution in [0.15, 0.2) is 12.1 Å². The summed E-state index contributed by atoms with van der Waals surface area (Å²) >= 11 is 5.65. The maximum atomic E-state index is 11.8. The molecule has 0 aliphatic heterocycles. The summed E-state index contributed by atoms with van der Waals surface area (Å²) in [6.07, 6.45) is 0. The molecule has 1 aromatic heterocycles. The normalized spacial score (nSPS) is 10.1. The monoisotopic (exact) mass is 203 g/mol. The van der Waals surface area contributed by atoms with Gasteiger partial charge in [-0.15, -0.1) is 11.6 Å². The van der Waals surface area contributed by atoms with Crippen molar-refractivity contribution < 1.29 is 9.13 Å². The Morgan fingerprint density at radius 1 is 1.54 bits per heavy atom. The summed E-state index contributed by atoms with van der Waals surface area (Å²) in [5, 5.41) is 0. The van der Waals surface area contributed by atoms with Crippen LogP contribution in [-0.4, -0.2) is 18.3 Å². The molecule has 0 amide bonds. The Balaban J connectivity index is 2.79. The number of nitrogens with zero attached hydrogens (tertiary/aromatic N) is 1. The van der Waals surface area contributed by atoms with Gasteiger partial charge in [-0.05, 0) is 19.1 Å². The molecule has 0 saturated heterocycles. The van der Waals surface area contributed by atoms with E-state index >= 15 is 0 Å². The van der Waals surface area contributed by atoms with Gasteiger partial charge in [-0.1, -0.05) is 0 Å². The SMILES string of the molecule is Cc1ccc(OCCF)c(CCl)n1. The summed E-state index contributed by atoms with van der Waals surface area (Å²) in [4.78, 5) is 4.17. The third-order valence-electron chi connectivity index (χ3n) is 1.53. The van der Waals surface area contributed by atoms with E-state index in [1.54, 1.807) is 6.07 Å². The van der Waals surface area contributed by atoms with E-state index in [1.165, 1.54) is 0 Å². The van der Waals surface area contributed by atoms with Gasteiger partial charge in [-0.25, -0.2) is 4.39 Å². The van der Waals surface area contributed by atoms with Gasteiger partial charge in [0.1, 0.15) is 19.0 Å². The first-order chi connectivity index (χ1) is 6.27. The predicted molar refractivity (Wildman–Crippen MR) is 50.0 cm³/mol. The van der Waals surface area contributed by atoms with E-state index in [4.69, 9.17) is 16.3 Å². The Kier molecular flexibility index (Phi) is 3.96. The molecule has 2 nitrogen and oxygen atoms in total. The van der Waals surface area contributed by atoms with Gasteiger partial charge in [0.2, 0.25) is 0 Å². The highest BCUT2D eigenvalue weighted by Gasteiger charge is 2.03. The molecule has 1 rings (SSSR count). The number of rotatable bonds is 4. The van der Waals surface area contributed by atoms with E-state index in [-0.39, 0.29) is 12.5 Å². The zero-order chi connectivity index (χ0) is 9.68. The molecule has 0 spiro atoms. The highest BCUT2D eigenvalue weighted by molar-refractivity contribution is 6.17. The van der Waals surface area contributed by atoms with Crippen molar-refractivity contribution in [2.24, 2.45) is 0 Å². The molecule has 0 bridgehead atoms. The van der Waals surface area contributed by atoms with Crippen molar-refractivity contribution in [2.75, 3.05) is 13.3 Å². The minimum atomic E-state index is -0.504. The van der Waals surface area contributed by atoms with Crippen LogP contribution in [0.2, 0.25) is 0 Å². The number of ether oxygens (including phenoxy) is 1. The molecule has 0 N–H and O–H groups in total. The molecule has 0 atom stereocenters. The van der Waals surface area contributed by atoms with Gasteiger partial charge in [-0.3, -0.25) is 4.98 Å². The van der Waals surface area contributed by atoms with Crippen LogP contribution in [0.4, 0.5) is 4.39 Å². The smallest absolute Gasteiger partial charge is 0.142 e. The second kappa shape index (κ2) is 5.02. The van der Waals surface area contributed by atoms with Crippen LogP contribution in [0.1, 0.15) is 11.4 Å². The standard InChI is InChI=1S/C9H11ClFNO/c1-7-2-3-9(13-5-4-11)8(6-10)12-7/h2-3H,4-6H2,1H3. The fourth-order valence-corrected chi connectivity index (χ4v) is 1.16. The topological polar surface area (TPSA) is 22.1 Å². The quantitative estimate of drug-likeness (QED) is 0.702. The van der Waals surface area contributed by atoms with Crippen LogP contribution >= 0.6 is 11.6 Å². The number of aryl methyl sites for hydroxylation is 1. The molecule has 0 aromatic carbocycles. The zero-order valence-electron chi connectivity index (χ0n) is 7.39. The van der Waals surface area contributed by atoms with E-state index in [0.29, 0.717) is 11.4 Å². The fourth-order valence-electron chi connectivity index (χ4n) is 0.973. The van der Waals surface area contributed by atoms with Gasteiger partial charge in [0.05, 0.1) is 11.6 Å². The van der Waals surface area contributed by atoms with Gasteiger partial charge in [0.25, 0.3) is 0 Å². The third kappa shape index (κ3) is 2.84. The molecule has 4 heteroatoms. The molecule has 13 heavy (non-hydrogen) atoms. The Labute approximate surface area is 81.7 Å². The lowest BCUT2D eigenvalue weighted by Gasteiger charge is -2.07. The molecule has 0 radical (unpaired) electrons. The minimum absolute atomic E-state index is 0.0502. The molecule has 0 fully saturated rings. The van der Waals surface area contributed by atoms with E-state index < -0.39 is 6.67 Å². The van der Waals surface area contributed by atoms with Gasteiger partial charge in [-0.2, -0.15) is 0 Å². The fraction of sp³-hybridized carbons (Fsp3) is 0.444. The van der Waals surface area contributed by atoms with E-state index in [1.807, 2.05) is 13.0 Å². The van der Waals surface area contributed by atoms with E-state index in [9.17, 15) is 4.39 Å². The molecule has 0 aliphatic carbocycles. The number of alkyl halides is 2. The molecule has 1 heterocycles. The summed E-state index contributed by atoms with van der Waals surface area (Å²) < 4.78 is 16.9. The highest BCUT2D eigenvalue weighted by Crippen LogP contribution is 2.18. The predicted octanol–water partition coefficient (Wildman–Crippen LogP) is 2.48. The summed E-state index contributed by atoms with van der Waals surface area (Å²) in [5.41, 5.74) is 1.54. The molecular weight excluding hydrogens is 193 g/mol. The number of hydrogen-bond donors (Lipinski definition) is 0. The minimum Gasteiger partial charge on any atom is -0.489 e. The van der Waals surface area contributed by atoms with Crippen molar-refractivity contribution in [3.8, 4) is 5.75 Å². The van der Waals surface area contributed by atoms with E-state index in [2.05, 4.69) is 4.98 Å². The molecule has 0 aliphatic rings. The largest absolute Gasteiger partial charge is 0.489 e. The first kappa shape index (κ1) is 10.3. The first-order valence-corrected chi connectivity index (χ1v) is 4.52. The zero-order valence-corrected chi connectivity index (χ0v) is 8.14. The number of hydrogen-bond acceptors (Lipinski definition) is 2. The highest BCUT2D eigenvalue weighted by atomic mass is 35.5. The Hall–Kier alpha value is -0.830. The van der Waals surface area contributed by atoms with E-state index in [0.717, 1.165) is 5.69 Å². The Morgan fingerprint density at radius 3 is 2.92 bits per heavy atom. The average molecular weight is 204 g/mol. The van der Waals surface area contributed by atoms with Crippen LogP contribution in [0.25, 0.3) is 0 Å². The molecule has 0 unspecified atom stereocenters. The van der Waals surface area contributed by atoms with Crippen molar-refractivity contribution in [1.82, 2.24) is 4.98 Å². The van der Waals surface area contributed by atoms with Crippen molar-refractivity contribution in [3.05, 3.63) is 23.5 Å². The maximum Gasteiger partial charge on any atom is 0.142 e. The average Bonchev–Trinajstić information content (AvgIpc) is 2.16. The van der Waals surface area contributed by atoms with Crippen LogP contribution < -0.4 is 4.74 Å². The molecule has 0 saturated carbocycles. The number of pyridine rings is 1. The van der Waals surface area contributed by atoms with Crippen molar-refractivity contribution in [3.63, 3.8) is 0 Å². The summed E-state index contributed by atoms with van der Waals surface area (Å²) in [5.74, 6) is 0.849. The lowest BCUT2D eigenvalue weighted by atomic mass is 10.3. The summed E-state index contributed by atoms with van der Waals surface area (Å²) in [6.45, 7) is 1.42. The van der Waals surface area contributed by atoms with Crippen LogP contribution in [0.3, 0.4) is 0 Å². The third-order valence-corrected chi connectivity index (χ3v) is 1.79. The second-order valence-electron chi connectivity index (χ2n) is 2.57. The first-order valence-electron chi connectivity index (χ1n) is 3.99. The molecule has 1 aromatic rings. The lowest BCUT2D eigenvalue weighted by molar-refractivity contribution is 0.270. The summed E-state index contributed by atoms with van der Waals surface area (Å²) in [6, 6.07) is 3.57. The second-order valence-corrected chi connectivity index (χ2v) is 2.84. The van der Waals surface area contributed by atoms with Crippen LogP contribution in [-0.2, 0) is 5.88 Å². The van der Waals surface area contributed by atoms with Gasteiger partial charge < -0.3 is 4.74 Å². The lowest BCUT2D eigenvalue weighted by Crippen LogP contribution is -2.02. The number of aromatic nitrogens is 1. The molecule has 72 valence electrons. The molecular formula is C9H11ClFNO.